The maximum Gasteiger partial charge on any atom is 0.414 e. The first-order chi connectivity index (χ1) is 19.9. The van der Waals surface area contributed by atoms with Crippen LogP contribution in [0.5, 0.6) is 0 Å². The van der Waals surface area contributed by atoms with Gasteiger partial charge in [-0.1, -0.05) is 36.4 Å². The number of carbonyl (C=O) groups excluding carboxylic acids is 2. The summed E-state index contributed by atoms with van der Waals surface area (Å²) in [5.41, 5.74) is 4.93. The number of anilines is 3. The number of para-hydroxylation sites is 1. The highest BCUT2D eigenvalue weighted by atomic mass is 19.1. The maximum absolute atomic E-state index is 15.2. The van der Waals surface area contributed by atoms with Crippen molar-refractivity contribution in [1.29, 1.82) is 0 Å². The Bertz CT molecular complexity index is 1480. The Balaban J connectivity index is 1.04. The highest BCUT2D eigenvalue weighted by Crippen LogP contribution is 2.35. The van der Waals surface area contributed by atoms with Crippen molar-refractivity contribution < 1.29 is 28.6 Å². The number of hydrogen-bond donors (Lipinski definition) is 3. The van der Waals surface area contributed by atoms with Gasteiger partial charge in [0.1, 0.15) is 11.9 Å². The molecule has 41 heavy (non-hydrogen) atoms. The number of carbonyl (C=O) groups is 3. The summed E-state index contributed by atoms with van der Waals surface area (Å²) in [5.74, 6) is -0.715. The summed E-state index contributed by atoms with van der Waals surface area (Å²) in [5, 5.41) is 13.9. The molecule has 6 rings (SSSR count). The van der Waals surface area contributed by atoms with E-state index in [4.69, 9.17) is 9.84 Å². The molecule has 2 aromatic carbocycles. The van der Waals surface area contributed by atoms with E-state index in [0.29, 0.717) is 24.5 Å². The molecule has 4 aliphatic rings. The lowest BCUT2D eigenvalue weighted by atomic mass is 9.95. The molecule has 0 spiro atoms. The Labute approximate surface area is 236 Å². The predicted molar refractivity (Wildman–Crippen MR) is 152 cm³/mol. The van der Waals surface area contributed by atoms with Crippen molar-refractivity contribution in [2.45, 2.75) is 18.4 Å². The van der Waals surface area contributed by atoms with Crippen molar-refractivity contribution in [1.82, 2.24) is 10.2 Å². The number of carboxylic acid groups (broad SMARTS) is 1. The molecule has 2 fully saturated rings. The number of rotatable bonds is 6. The summed E-state index contributed by atoms with van der Waals surface area (Å²) >= 11 is 0. The molecular formula is C30H30FN5O5. The first-order valence-corrected chi connectivity index (χ1v) is 13.6. The molecule has 3 amide bonds. The third-order valence-corrected chi connectivity index (χ3v) is 7.82. The number of piperazine rings is 1. The molecule has 1 aliphatic carbocycles. The zero-order valence-corrected chi connectivity index (χ0v) is 22.3. The smallest absolute Gasteiger partial charge is 0.414 e. The lowest BCUT2D eigenvalue weighted by Crippen LogP contribution is -2.46. The number of nitrogens with one attached hydrogen (secondary N) is 2. The minimum atomic E-state index is -1.20. The zero-order valence-electron chi connectivity index (χ0n) is 22.3. The second-order valence-electron chi connectivity index (χ2n) is 10.4. The van der Waals surface area contributed by atoms with Crippen molar-refractivity contribution in [3.8, 4) is 0 Å². The van der Waals surface area contributed by atoms with Crippen molar-refractivity contribution in [2.24, 2.45) is 0 Å². The normalized spacial score (nSPS) is 22.9. The SMILES string of the molecule is O=C(O)NC[C@H]1CN(c2ccc(N3CCN(C4=CCC(=CC5C(=O)Nc6ccccc65)C=C4)CC3)c(F)c2)C(=O)O1. The van der Waals surface area contributed by atoms with E-state index < -0.39 is 24.1 Å². The van der Waals surface area contributed by atoms with E-state index in [1.807, 2.05) is 35.2 Å². The third-order valence-electron chi connectivity index (χ3n) is 7.82. The lowest BCUT2D eigenvalue weighted by molar-refractivity contribution is -0.116. The highest BCUT2D eigenvalue weighted by molar-refractivity contribution is 6.04. The number of allylic oxidation sites excluding steroid dienone is 4. The van der Waals surface area contributed by atoms with Crippen LogP contribution >= 0.6 is 0 Å². The van der Waals surface area contributed by atoms with Gasteiger partial charge in [0.2, 0.25) is 5.91 Å². The summed E-state index contributed by atoms with van der Waals surface area (Å²) in [6.45, 7) is 2.84. The summed E-state index contributed by atoms with van der Waals surface area (Å²) < 4.78 is 20.4. The number of cyclic esters (lactones) is 1. The van der Waals surface area contributed by atoms with E-state index in [-0.39, 0.29) is 24.9 Å². The molecular weight excluding hydrogens is 529 g/mol. The van der Waals surface area contributed by atoms with Gasteiger partial charge in [-0.15, -0.1) is 0 Å². The minimum Gasteiger partial charge on any atom is -0.465 e. The summed E-state index contributed by atoms with van der Waals surface area (Å²) in [6.07, 6.45) is 6.62. The van der Waals surface area contributed by atoms with Gasteiger partial charge < -0.3 is 30.3 Å². The predicted octanol–water partition coefficient (Wildman–Crippen LogP) is 4.05. The van der Waals surface area contributed by atoms with Crippen molar-refractivity contribution >= 4 is 35.2 Å². The van der Waals surface area contributed by atoms with Gasteiger partial charge in [0.25, 0.3) is 0 Å². The second-order valence-corrected chi connectivity index (χ2v) is 10.4. The number of benzene rings is 2. The molecule has 2 atom stereocenters. The fourth-order valence-corrected chi connectivity index (χ4v) is 5.69. The average Bonchev–Trinajstić information content (AvgIpc) is 3.51. The molecule has 3 aliphatic heterocycles. The second kappa shape index (κ2) is 11.0. The van der Waals surface area contributed by atoms with Gasteiger partial charge in [0.15, 0.2) is 0 Å². The Hall–Kier alpha value is -4.80. The monoisotopic (exact) mass is 559 g/mol. The van der Waals surface area contributed by atoms with Gasteiger partial charge in [0, 0.05) is 37.6 Å². The molecule has 0 saturated carbocycles. The Morgan fingerprint density at radius 3 is 2.61 bits per heavy atom. The van der Waals surface area contributed by atoms with Gasteiger partial charge in [0.05, 0.1) is 30.4 Å². The van der Waals surface area contributed by atoms with Crippen molar-refractivity contribution in [2.75, 3.05) is 54.4 Å². The molecule has 0 radical (unpaired) electrons. The van der Waals surface area contributed by atoms with Crippen LogP contribution in [0.3, 0.4) is 0 Å². The number of amides is 3. The van der Waals surface area contributed by atoms with E-state index >= 15 is 4.39 Å². The first-order valence-electron chi connectivity index (χ1n) is 13.6. The van der Waals surface area contributed by atoms with Crippen LogP contribution < -0.4 is 20.4 Å². The van der Waals surface area contributed by atoms with Crippen LogP contribution in [-0.2, 0) is 9.53 Å². The van der Waals surface area contributed by atoms with Crippen molar-refractivity contribution in [3.63, 3.8) is 0 Å². The Morgan fingerprint density at radius 2 is 1.88 bits per heavy atom. The van der Waals surface area contributed by atoms with Crippen LogP contribution in [0.1, 0.15) is 17.9 Å². The third kappa shape index (κ3) is 5.47. The highest BCUT2D eigenvalue weighted by Gasteiger charge is 2.33. The number of hydrogen-bond acceptors (Lipinski definition) is 6. The molecule has 10 nitrogen and oxygen atoms in total. The van der Waals surface area contributed by atoms with Gasteiger partial charge in [-0.2, -0.15) is 0 Å². The Morgan fingerprint density at radius 1 is 1.10 bits per heavy atom. The van der Waals surface area contributed by atoms with E-state index in [0.717, 1.165) is 42.0 Å². The molecule has 0 aromatic heterocycles. The largest absolute Gasteiger partial charge is 0.465 e. The molecule has 3 heterocycles. The maximum atomic E-state index is 15.2. The standard InChI is InChI=1S/C30H30FN5O5/c31-25-16-21(36-18-22(41-30(36)40)17-32-29(38)39)9-10-27(25)35-13-11-34(12-14-35)20-7-5-19(6-8-20)15-24-23-3-1-2-4-26(23)33-28(24)37/h1-5,7-10,15-16,22,24,32H,6,11-14,17-18H2,(H,33,37)(H,38,39)/t22-,24?/m0/s1. The summed E-state index contributed by atoms with van der Waals surface area (Å²) in [6, 6.07) is 12.4. The molecule has 0 bridgehead atoms. The van der Waals surface area contributed by atoms with Gasteiger partial charge in [-0.05, 0) is 47.9 Å². The van der Waals surface area contributed by atoms with Crippen molar-refractivity contribution in [3.05, 3.63) is 89.4 Å². The van der Waals surface area contributed by atoms with Crippen LogP contribution in [-0.4, -0.2) is 73.5 Å². The molecule has 212 valence electrons. The molecule has 2 aromatic rings. The minimum absolute atomic E-state index is 0.00383. The summed E-state index contributed by atoms with van der Waals surface area (Å²) in [4.78, 5) is 41.0. The molecule has 11 heteroatoms. The van der Waals surface area contributed by atoms with Gasteiger partial charge >= 0.3 is 12.2 Å². The van der Waals surface area contributed by atoms with Crippen LogP contribution in [0.4, 0.5) is 31.0 Å². The lowest BCUT2D eigenvalue weighted by Gasteiger charge is -2.38. The topological polar surface area (TPSA) is 114 Å². The Kier molecular flexibility index (Phi) is 7.08. The van der Waals surface area contributed by atoms with Crippen LogP contribution in [0, 0.1) is 5.82 Å². The number of halogens is 1. The quantitative estimate of drug-likeness (QED) is 0.489. The van der Waals surface area contributed by atoms with Crippen LogP contribution in [0.2, 0.25) is 0 Å². The molecule has 1 unspecified atom stereocenters. The fraction of sp³-hybridized carbons (Fsp3) is 0.300. The van der Waals surface area contributed by atoms with E-state index in [1.54, 1.807) is 12.1 Å². The van der Waals surface area contributed by atoms with E-state index in [9.17, 15) is 14.4 Å². The van der Waals surface area contributed by atoms with Gasteiger partial charge in [-0.3, -0.25) is 9.69 Å². The summed E-state index contributed by atoms with van der Waals surface area (Å²) in [7, 11) is 0. The number of ether oxygens (including phenoxy) is 1. The van der Waals surface area contributed by atoms with Crippen LogP contribution in [0.15, 0.2) is 78.0 Å². The number of fused-ring (bicyclic) bond motifs is 1. The van der Waals surface area contributed by atoms with Gasteiger partial charge in [-0.25, -0.2) is 14.0 Å². The van der Waals surface area contributed by atoms with E-state index in [2.05, 4.69) is 33.8 Å². The average molecular weight is 560 g/mol. The molecule has 2 saturated heterocycles. The van der Waals surface area contributed by atoms with Crippen LogP contribution in [0.25, 0.3) is 0 Å². The zero-order chi connectivity index (χ0) is 28.5. The molecule has 3 N–H and O–H groups in total. The first kappa shape index (κ1) is 26.4. The number of nitrogens with zero attached hydrogens (tertiary/aromatic N) is 3. The van der Waals surface area contributed by atoms with E-state index in [1.165, 1.54) is 11.0 Å². The fourth-order valence-electron chi connectivity index (χ4n) is 5.69.